The first-order valence-corrected chi connectivity index (χ1v) is 6.67. The normalized spacial score (nSPS) is 23.4. The van der Waals surface area contributed by atoms with E-state index in [9.17, 15) is 4.39 Å². The molecule has 2 heterocycles. The second kappa shape index (κ2) is 5.29. The zero-order valence-corrected chi connectivity index (χ0v) is 12.2. The molecule has 104 valence electrons. The van der Waals surface area contributed by atoms with Gasteiger partial charge in [0.05, 0.1) is 6.54 Å². The third kappa shape index (κ3) is 3.13. The molecular weight excluding hydrogens is 241 g/mol. The Morgan fingerprint density at radius 2 is 2.00 bits per heavy atom. The second-order valence-corrected chi connectivity index (χ2v) is 5.79. The van der Waals surface area contributed by atoms with Crippen LogP contribution in [0.15, 0.2) is 30.1 Å². The summed E-state index contributed by atoms with van der Waals surface area (Å²) in [5.41, 5.74) is 1.01. The maximum Gasteiger partial charge on any atom is 0.142 e. The lowest BCUT2D eigenvalue weighted by atomic mass is 9.84. The summed E-state index contributed by atoms with van der Waals surface area (Å²) < 4.78 is 13.8. The van der Waals surface area contributed by atoms with E-state index in [0.717, 1.165) is 24.4 Å². The monoisotopic (exact) mass is 263 g/mol. The van der Waals surface area contributed by atoms with Crippen molar-refractivity contribution >= 4 is 5.82 Å². The lowest BCUT2D eigenvalue weighted by Crippen LogP contribution is -2.38. The van der Waals surface area contributed by atoms with Crippen LogP contribution in [0.25, 0.3) is 0 Å². The SMILES string of the molecule is CN1C/C(F)=C\CCC(C)(C)c2cccc(n2)N1C. The highest BCUT2D eigenvalue weighted by atomic mass is 19.1. The van der Waals surface area contributed by atoms with Gasteiger partial charge in [0.2, 0.25) is 0 Å². The Kier molecular flexibility index (Phi) is 3.90. The van der Waals surface area contributed by atoms with Gasteiger partial charge in [-0.15, -0.1) is 0 Å². The molecule has 0 unspecified atom stereocenters. The molecule has 0 aliphatic carbocycles. The first-order chi connectivity index (χ1) is 8.90. The van der Waals surface area contributed by atoms with Crippen LogP contribution in [0.5, 0.6) is 0 Å². The topological polar surface area (TPSA) is 19.4 Å². The van der Waals surface area contributed by atoms with Crippen LogP contribution in [0, 0.1) is 0 Å². The number of likely N-dealkylation sites (N-methyl/N-ethyl adjacent to an activating group) is 1. The maximum absolute atomic E-state index is 13.8. The molecule has 0 fully saturated rings. The van der Waals surface area contributed by atoms with Crippen LogP contribution in [-0.4, -0.2) is 30.6 Å². The molecule has 0 N–H and O–H groups in total. The van der Waals surface area contributed by atoms with Crippen LogP contribution in [0.4, 0.5) is 10.2 Å². The summed E-state index contributed by atoms with van der Waals surface area (Å²) >= 11 is 0. The van der Waals surface area contributed by atoms with E-state index in [4.69, 9.17) is 4.98 Å². The number of hydrogen-bond donors (Lipinski definition) is 0. The van der Waals surface area contributed by atoms with E-state index in [2.05, 4.69) is 19.9 Å². The molecule has 19 heavy (non-hydrogen) atoms. The average Bonchev–Trinajstić information content (AvgIpc) is 2.37. The Labute approximate surface area is 114 Å². The van der Waals surface area contributed by atoms with Crippen molar-refractivity contribution < 1.29 is 4.39 Å². The van der Waals surface area contributed by atoms with Gasteiger partial charge in [-0.2, -0.15) is 0 Å². The largest absolute Gasteiger partial charge is 0.293 e. The number of hydrogen-bond acceptors (Lipinski definition) is 3. The van der Waals surface area contributed by atoms with Crippen molar-refractivity contribution in [2.75, 3.05) is 25.6 Å². The van der Waals surface area contributed by atoms with E-state index < -0.39 is 0 Å². The number of allylic oxidation sites excluding steroid dienone is 1. The molecule has 0 atom stereocenters. The number of nitrogens with zero attached hydrogens (tertiary/aromatic N) is 3. The van der Waals surface area contributed by atoms with Crippen LogP contribution in [-0.2, 0) is 5.41 Å². The first-order valence-electron chi connectivity index (χ1n) is 6.67. The second-order valence-electron chi connectivity index (χ2n) is 5.79. The smallest absolute Gasteiger partial charge is 0.142 e. The number of rotatable bonds is 0. The molecule has 0 radical (unpaired) electrons. The highest BCUT2D eigenvalue weighted by Crippen LogP contribution is 2.29. The van der Waals surface area contributed by atoms with Gasteiger partial charge in [-0.25, -0.2) is 14.4 Å². The molecule has 3 nitrogen and oxygen atoms in total. The van der Waals surface area contributed by atoms with Crippen molar-refractivity contribution in [3.63, 3.8) is 0 Å². The van der Waals surface area contributed by atoms with Gasteiger partial charge in [0.1, 0.15) is 11.6 Å². The van der Waals surface area contributed by atoms with Gasteiger partial charge >= 0.3 is 0 Å². The Bertz CT molecular complexity index is 482. The molecule has 1 aliphatic rings. The van der Waals surface area contributed by atoms with Crippen molar-refractivity contribution in [3.05, 3.63) is 35.8 Å². The Morgan fingerprint density at radius 1 is 1.26 bits per heavy atom. The van der Waals surface area contributed by atoms with E-state index in [1.165, 1.54) is 0 Å². The van der Waals surface area contributed by atoms with E-state index in [-0.39, 0.29) is 17.8 Å². The maximum atomic E-state index is 13.8. The van der Waals surface area contributed by atoms with E-state index in [0.29, 0.717) is 0 Å². The van der Waals surface area contributed by atoms with Crippen LogP contribution >= 0.6 is 0 Å². The van der Waals surface area contributed by atoms with Gasteiger partial charge in [-0.3, -0.25) is 5.01 Å². The summed E-state index contributed by atoms with van der Waals surface area (Å²) in [5.74, 6) is 0.767. The summed E-state index contributed by atoms with van der Waals surface area (Å²) in [6.45, 7) is 4.60. The fourth-order valence-electron chi connectivity index (χ4n) is 2.26. The minimum atomic E-state index is -0.0832. The van der Waals surface area contributed by atoms with Crippen LogP contribution in [0.2, 0.25) is 0 Å². The first kappa shape index (κ1) is 14.0. The molecule has 0 aromatic carbocycles. The molecule has 1 aliphatic heterocycles. The lowest BCUT2D eigenvalue weighted by molar-refractivity contribution is 0.322. The van der Waals surface area contributed by atoms with Crippen molar-refractivity contribution in [1.29, 1.82) is 0 Å². The summed E-state index contributed by atoms with van der Waals surface area (Å²) in [5, 5.41) is 3.72. The van der Waals surface area contributed by atoms with Gasteiger partial charge in [-0.1, -0.05) is 26.0 Å². The van der Waals surface area contributed by atoms with Crippen molar-refractivity contribution in [1.82, 2.24) is 9.99 Å². The van der Waals surface area contributed by atoms with Crippen molar-refractivity contribution in [2.24, 2.45) is 0 Å². The molecule has 4 heteroatoms. The molecule has 1 aromatic rings. The molecule has 0 amide bonds. The quantitative estimate of drug-likeness (QED) is 0.716. The Balaban J connectivity index is 2.43. The molecule has 0 spiro atoms. The Hall–Kier alpha value is -1.42. The van der Waals surface area contributed by atoms with Gasteiger partial charge < -0.3 is 0 Å². The van der Waals surface area contributed by atoms with Gasteiger partial charge in [0, 0.05) is 25.2 Å². The van der Waals surface area contributed by atoms with Crippen molar-refractivity contribution in [3.8, 4) is 0 Å². The number of halogens is 1. The predicted molar refractivity (Wildman–Crippen MR) is 76.7 cm³/mol. The third-order valence-electron chi connectivity index (χ3n) is 3.79. The van der Waals surface area contributed by atoms with Crippen molar-refractivity contribution in [2.45, 2.75) is 32.1 Å². The van der Waals surface area contributed by atoms with Gasteiger partial charge in [0.15, 0.2) is 0 Å². The molecule has 1 aromatic heterocycles. The zero-order valence-electron chi connectivity index (χ0n) is 12.2. The predicted octanol–water partition coefficient (Wildman–Crippen LogP) is 3.29. The van der Waals surface area contributed by atoms with Gasteiger partial charge in [0.25, 0.3) is 0 Å². The minimum Gasteiger partial charge on any atom is -0.293 e. The number of pyridine rings is 1. The van der Waals surface area contributed by atoms with E-state index in [1.807, 2.05) is 36.2 Å². The summed E-state index contributed by atoms with van der Waals surface area (Å²) in [6.07, 6.45) is 3.33. The van der Waals surface area contributed by atoms with E-state index >= 15 is 0 Å². The standard InChI is InChI=1S/C15H22FN3/c1-15(2)10-6-7-12(16)11-18(3)19(4)14-9-5-8-13(15)17-14/h5,7-9H,6,10-11H2,1-4H3/b12-7+. The molecule has 2 bridgehead atoms. The van der Waals surface area contributed by atoms with Crippen LogP contribution in [0.1, 0.15) is 32.4 Å². The number of hydrazine groups is 1. The fourth-order valence-corrected chi connectivity index (χ4v) is 2.26. The van der Waals surface area contributed by atoms with Crippen LogP contribution in [0.3, 0.4) is 0 Å². The lowest BCUT2D eigenvalue weighted by Gasteiger charge is -2.30. The van der Waals surface area contributed by atoms with Gasteiger partial charge in [-0.05, 0) is 25.0 Å². The fraction of sp³-hybridized carbons (Fsp3) is 0.533. The Morgan fingerprint density at radius 3 is 2.74 bits per heavy atom. The number of anilines is 1. The number of fused-ring (bicyclic) bond motifs is 2. The summed E-state index contributed by atoms with van der Waals surface area (Å²) in [7, 11) is 3.77. The zero-order chi connectivity index (χ0) is 14.0. The minimum absolute atomic E-state index is 0.0451. The molecule has 0 saturated carbocycles. The number of aromatic nitrogens is 1. The molecule has 0 saturated heterocycles. The summed E-state index contributed by atoms with van der Waals surface area (Å²) in [4.78, 5) is 4.72. The average molecular weight is 263 g/mol. The van der Waals surface area contributed by atoms with E-state index in [1.54, 1.807) is 6.08 Å². The molecule has 2 rings (SSSR count). The highest BCUT2D eigenvalue weighted by Gasteiger charge is 2.23. The third-order valence-corrected chi connectivity index (χ3v) is 3.79. The molecular formula is C15H22FN3. The summed E-state index contributed by atoms with van der Waals surface area (Å²) in [6, 6.07) is 6.02. The van der Waals surface area contributed by atoms with Crippen LogP contribution < -0.4 is 5.01 Å². The highest BCUT2D eigenvalue weighted by molar-refractivity contribution is 5.38.